The second kappa shape index (κ2) is 4.29. The van der Waals surface area contributed by atoms with Crippen molar-refractivity contribution in [3.05, 3.63) is 0 Å². The molecule has 2 heterocycles. The molecule has 0 aromatic rings. The van der Waals surface area contributed by atoms with Crippen molar-refractivity contribution in [3.63, 3.8) is 0 Å². The minimum atomic E-state index is -0.534. The quantitative estimate of drug-likeness (QED) is 0.642. The van der Waals surface area contributed by atoms with Crippen molar-refractivity contribution in [1.29, 1.82) is 0 Å². The third-order valence-corrected chi connectivity index (χ3v) is 2.96. The summed E-state index contributed by atoms with van der Waals surface area (Å²) in [5.74, 6) is -0.0134. The highest BCUT2D eigenvalue weighted by molar-refractivity contribution is 5.92. The fraction of sp³-hybridized carbons (Fsp3) is 0.833. The topological polar surface area (TPSA) is 55.8 Å². The molecule has 0 bridgehead atoms. The molecule has 2 saturated heterocycles. The third kappa shape index (κ3) is 2.60. The van der Waals surface area contributed by atoms with Gasteiger partial charge in [0.05, 0.1) is 12.6 Å². The van der Waals surface area contributed by atoms with Crippen LogP contribution in [0, 0.1) is 0 Å². The number of likely N-dealkylation sites (tertiary alicyclic amines) is 1. The van der Waals surface area contributed by atoms with Crippen molar-refractivity contribution < 1.29 is 19.1 Å². The Balaban J connectivity index is 2.06. The average molecular weight is 241 g/mol. The molecule has 1 amide bonds. The van der Waals surface area contributed by atoms with E-state index in [4.69, 9.17) is 9.47 Å². The second-order valence-corrected chi connectivity index (χ2v) is 5.58. The molecule has 0 N–H and O–H groups in total. The van der Waals surface area contributed by atoms with Crippen LogP contribution >= 0.6 is 0 Å². The first-order valence-corrected chi connectivity index (χ1v) is 6.02. The number of rotatable bonds is 0. The van der Waals surface area contributed by atoms with Crippen molar-refractivity contribution in [2.45, 2.75) is 51.4 Å². The summed E-state index contributed by atoms with van der Waals surface area (Å²) >= 11 is 0. The lowest BCUT2D eigenvalue weighted by molar-refractivity contribution is -0.128. The van der Waals surface area contributed by atoms with E-state index in [1.54, 1.807) is 0 Å². The van der Waals surface area contributed by atoms with Crippen molar-refractivity contribution in [3.8, 4) is 0 Å². The first-order chi connectivity index (χ1) is 7.88. The van der Waals surface area contributed by atoms with Gasteiger partial charge in [0.1, 0.15) is 11.7 Å². The normalized spacial score (nSPS) is 29.1. The van der Waals surface area contributed by atoms with E-state index in [1.807, 2.05) is 20.8 Å². The molecule has 2 atom stereocenters. The maximum Gasteiger partial charge on any atom is 0.411 e. The Bertz CT molecular complexity index is 334. The molecule has 5 nitrogen and oxygen atoms in total. The van der Waals surface area contributed by atoms with Crippen LogP contribution in [0.5, 0.6) is 0 Å². The van der Waals surface area contributed by atoms with Gasteiger partial charge in [0, 0.05) is 6.61 Å². The van der Waals surface area contributed by atoms with E-state index < -0.39 is 17.8 Å². The van der Waals surface area contributed by atoms with Gasteiger partial charge in [0.25, 0.3) is 0 Å². The summed E-state index contributed by atoms with van der Waals surface area (Å²) in [5, 5.41) is 0. The molecule has 96 valence electrons. The molecular weight excluding hydrogens is 222 g/mol. The zero-order valence-electron chi connectivity index (χ0n) is 10.6. The van der Waals surface area contributed by atoms with Crippen LogP contribution in [-0.2, 0) is 14.3 Å². The van der Waals surface area contributed by atoms with Crippen LogP contribution in [0.2, 0.25) is 0 Å². The molecule has 0 aliphatic carbocycles. The summed E-state index contributed by atoms with van der Waals surface area (Å²) < 4.78 is 10.7. The lowest BCUT2D eigenvalue weighted by Gasteiger charge is -2.31. The van der Waals surface area contributed by atoms with Gasteiger partial charge >= 0.3 is 6.09 Å². The average Bonchev–Trinajstić information content (AvgIpc) is 2.55. The molecule has 0 saturated carbocycles. The van der Waals surface area contributed by atoms with Crippen molar-refractivity contribution in [2.75, 3.05) is 13.2 Å². The number of hydrogen-bond acceptors (Lipinski definition) is 4. The minimum absolute atomic E-state index is 0.0134. The molecular formula is C12H19NO4. The van der Waals surface area contributed by atoms with E-state index in [1.165, 1.54) is 4.90 Å². The van der Waals surface area contributed by atoms with E-state index >= 15 is 0 Å². The smallest absolute Gasteiger partial charge is 0.411 e. The molecule has 2 fully saturated rings. The summed E-state index contributed by atoms with van der Waals surface area (Å²) in [6.45, 7) is 6.17. The molecule has 0 spiro atoms. The second-order valence-electron chi connectivity index (χ2n) is 5.58. The van der Waals surface area contributed by atoms with Gasteiger partial charge in [-0.3, -0.25) is 9.69 Å². The monoisotopic (exact) mass is 241 g/mol. The number of hydrogen-bond donors (Lipinski definition) is 0. The number of Topliss-reactive ketones (excluding diaryl/α,β-unsaturated/α-hetero) is 1. The van der Waals surface area contributed by atoms with Crippen LogP contribution in [0.3, 0.4) is 0 Å². The van der Waals surface area contributed by atoms with Gasteiger partial charge in [-0.05, 0) is 33.6 Å². The summed E-state index contributed by atoms with van der Waals surface area (Å²) in [5.41, 5.74) is -0.534. The number of ketones is 1. The summed E-state index contributed by atoms with van der Waals surface area (Å²) in [4.78, 5) is 25.2. The minimum Gasteiger partial charge on any atom is -0.444 e. The zero-order valence-corrected chi connectivity index (χ0v) is 10.6. The number of fused-ring (bicyclic) bond motifs is 1. The molecule has 0 radical (unpaired) electrons. The first kappa shape index (κ1) is 12.4. The van der Waals surface area contributed by atoms with Gasteiger partial charge in [-0.1, -0.05) is 0 Å². The Morgan fingerprint density at radius 1 is 1.47 bits per heavy atom. The first-order valence-electron chi connectivity index (χ1n) is 6.02. The predicted molar refractivity (Wildman–Crippen MR) is 60.7 cm³/mol. The highest BCUT2D eigenvalue weighted by atomic mass is 16.6. The lowest BCUT2D eigenvalue weighted by Crippen LogP contribution is -2.45. The van der Waals surface area contributed by atoms with Gasteiger partial charge in [-0.2, -0.15) is 0 Å². The Labute approximate surface area is 101 Å². The molecule has 0 unspecified atom stereocenters. The van der Waals surface area contributed by atoms with Gasteiger partial charge in [-0.25, -0.2) is 4.79 Å². The predicted octanol–water partition coefficient (Wildman–Crippen LogP) is 1.35. The maximum absolute atomic E-state index is 12.0. The zero-order chi connectivity index (χ0) is 12.6. The van der Waals surface area contributed by atoms with Gasteiger partial charge < -0.3 is 9.47 Å². The Kier molecular flexibility index (Phi) is 3.12. The largest absolute Gasteiger partial charge is 0.444 e. The fourth-order valence-electron chi connectivity index (χ4n) is 2.29. The van der Waals surface area contributed by atoms with Crippen molar-refractivity contribution in [2.24, 2.45) is 0 Å². The Morgan fingerprint density at radius 3 is 2.82 bits per heavy atom. The summed E-state index contributed by atoms with van der Waals surface area (Å²) in [6.07, 6.45) is 0.851. The lowest BCUT2D eigenvalue weighted by atomic mass is 10.0. The van der Waals surface area contributed by atoms with E-state index in [0.717, 1.165) is 12.8 Å². The molecule has 2 aliphatic rings. The van der Waals surface area contributed by atoms with Gasteiger partial charge in [0.2, 0.25) is 0 Å². The van der Waals surface area contributed by atoms with Crippen LogP contribution in [-0.4, -0.2) is 47.7 Å². The summed E-state index contributed by atoms with van der Waals surface area (Å²) in [7, 11) is 0. The van der Waals surface area contributed by atoms with Crippen molar-refractivity contribution in [1.82, 2.24) is 4.90 Å². The van der Waals surface area contributed by atoms with Gasteiger partial charge in [0.15, 0.2) is 5.78 Å². The van der Waals surface area contributed by atoms with E-state index in [2.05, 4.69) is 0 Å². The van der Waals surface area contributed by atoms with Crippen LogP contribution in [0.1, 0.15) is 33.6 Å². The maximum atomic E-state index is 12.0. The van der Waals surface area contributed by atoms with Crippen LogP contribution in [0.15, 0.2) is 0 Å². The highest BCUT2D eigenvalue weighted by Crippen LogP contribution is 2.27. The fourth-order valence-corrected chi connectivity index (χ4v) is 2.29. The summed E-state index contributed by atoms with van der Waals surface area (Å²) in [6, 6.07) is -0.133. The Hall–Kier alpha value is -1.10. The molecule has 2 rings (SSSR count). The van der Waals surface area contributed by atoms with Crippen molar-refractivity contribution >= 4 is 11.9 Å². The van der Waals surface area contributed by atoms with E-state index in [9.17, 15) is 9.59 Å². The van der Waals surface area contributed by atoms with Crippen LogP contribution in [0.4, 0.5) is 4.79 Å². The number of carbonyl (C=O) groups excluding carboxylic acids is 2. The van der Waals surface area contributed by atoms with E-state index in [-0.39, 0.29) is 18.4 Å². The van der Waals surface area contributed by atoms with Crippen LogP contribution in [0.25, 0.3) is 0 Å². The molecule has 0 aromatic carbocycles. The van der Waals surface area contributed by atoms with Crippen LogP contribution < -0.4 is 0 Å². The molecule has 2 aliphatic heterocycles. The molecule has 17 heavy (non-hydrogen) atoms. The number of nitrogens with zero attached hydrogens (tertiary/aromatic N) is 1. The highest BCUT2D eigenvalue weighted by Gasteiger charge is 2.46. The molecule has 0 aromatic heterocycles. The number of amides is 1. The number of carbonyl (C=O) groups is 2. The molecule has 5 heteroatoms. The standard InChI is InChI=1S/C12H19NO4/c1-12(2,3)17-11(15)13-7-9(14)10-8(13)5-4-6-16-10/h8,10H,4-7H2,1-3H3/t8-,10+/m0/s1. The van der Waals surface area contributed by atoms with Gasteiger partial charge in [-0.15, -0.1) is 0 Å². The Morgan fingerprint density at radius 2 is 2.18 bits per heavy atom. The van der Waals surface area contributed by atoms with E-state index in [0.29, 0.717) is 6.61 Å². The third-order valence-electron chi connectivity index (χ3n) is 2.96. The SMILES string of the molecule is CC(C)(C)OC(=O)N1CC(=O)[C@@H]2OCCC[C@@H]21. The number of ether oxygens (including phenoxy) is 2.